The minimum absolute atomic E-state index is 0.0115. The zero-order valence-electron chi connectivity index (χ0n) is 12.1. The average molecular weight is 283 g/mol. The zero-order valence-corrected chi connectivity index (χ0v) is 12.1. The summed E-state index contributed by atoms with van der Waals surface area (Å²) in [7, 11) is 1.41. The van der Waals surface area contributed by atoms with Crippen LogP contribution in [-0.4, -0.2) is 30.8 Å². The van der Waals surface area contributed by atoms with Crippen LogP contribution in [0.5, 0.6) is 5.75 Å². The molecule has 0 aliphatic heterocycles. The molecule has 1 amide bonds. The zero-order chi connectivity index (χ0) is 15.1. The van der Waals surface area contributed by atoms with Gasteiger partial charge in [-0.2, -0.15) is 0 Å². The molecular weight excluding hydrogens is 261 g/mol. The van der Waals surface area contributed by atoms with Gasteiger partial charge >= 0.3 is 0 Å². The predicted octanol–water partition coefficient (Wildman–Crippen LogP) is 1.90. The molecule has 1 aromatic carbocycles. The molecule has 0 heterocycles. The summed E-state index contributed by atoms with van der Waals surface area (Å²) in [4.78, 5) is 11.7. The van der Waals surface area contributed by atoms with Crippen LogP contribution in [0.2, 0.25) is 0 Å². The highest BCUT2D eigenvalue weighted by Gasteiger charge is 2.14. The SMILES string of the molecule is COc1ccc(CCC(=O)NC(C)C(C)CO)cc1F. The number of hydrogen-bond acceptors (Lipinski definition) is 3. The van der Waals surface area contributed by atoms with E-state index < -0.39 is 5.82 Å². The molecule has 0 aliphatic rings. The van der Waals surface area contributed by atoms with E-state index in [9.17, 15) is 9.18 Å². The molecular formula is C15H22FNO3. The minimum atomic E-state index is -0.423. The molecule has 0 fully saturated rings. The molecule has 5 heteroatoms. The van der Waals surface area contributed by atoms with Crippen molar-refractivity contribution < 1.29 is 19.0 Å². The lowest BCUT2D eigenvalue weighted by atomic mass is 10.0. The number of amides is 1. The van der Waals surface area contributed by atoms with Crippen LogP contribution in [0.3, 0.4) is 0 Å². The van der Waals surface area contributed by atoms with Gasteiger partial charge in [-0.15, -0.1) is 0 Å². The molecule has 20 heavy (non-hydrogen) atoms. The summed E-state index contributed by atoms with van der Waals surface area (Å²) in [5.41, 5.74) is 0.751. The quantitative estimate of drug-likeness (QED) is 0.803. The summed E-state index contributed by atoms with van der Waals surface area (Å²) in [5, 5.41) is 11.8. The Labute approximate surface area is 119 Å². The lowest BCUT2D eigenvalue weighted by Gasteiger charge is -2.19. The summed E-state index contributed by atoms with van der Waals surface area (Å²) in [5.74, 6) is -0.317. The van der Waals surface area contributed by atoms with Crippen molar-refractivity contribution in [1.82, 2.24) is 5.32 Å². The van der Waals surface area contributed by atoms with E-state index >= 15 is 0 Å². The first-order valence-electron chi connectivity index (χ1n) is 6.70. The second-order valence-electron chi connectivity index (χ2n) is 4.98. The van der Waals surface area contributed by atoms with Crippen LogP contribution in [0.25, 0.3) is 0 Å². The number of halogens is 1. The van der Waals surface area contributed by atoms with E-state index in [-0.39, 0.29) is 36.6 Å². The fourth-order valence-electron chi connectivity index (χ4n) is 1.75. The molecule has 2 unspecified atom stereocenters. The van der Waals surface area contributed by atoms with Crippen LogP contribution < -0.4 is 10.1 Å². The van der Waals surface area contributed by atoms with Gasteiger partial charge in [0.25, 0.3) is 0 Å². The molecule has 0 radical (unpaired) electrons. The van der Waals surface area contributed by atoms with Gasteiger partial charge in [-0.05, 0) is 37.0 Å². The summed E-state index contributed by atoms with van der Waals surface area (Å²) in [6.45, 7) is 3.75. The van der Waals surface area contributed by atoms with E-state index in [2.05, 4.69) is 5.32 Å². The fraction of sp³-hybridized carbons (Fsp3) is 0.533. The lowest BCUT2D eigenvalue weighted by molar-refractivity contribution is -0.122. The number of methoxy groups -OCH3 is 1. The molecule has 0 aliphatic carbocycles. The third-order valence-corrected chi connectivity index (χ3v) is 3.39. The normalized spacial score (nSPS) is 13.7. The fourth-order valence-corrected chi connectivity index (χ4v) is 1.75. The Morgan fingerprint density at radius 1 is 1.45 bits per heavy atom. The summed E-state index contributed by atoms with van der Waals surface area (Å²) in [6.07, 6.45) is 0.751. The van der Waals surface area contributed by atoms with Crippen molar-refractivity contribution in [2.24, 2.45) is 5.92 Å². The number of hydrogen-bond donors (Lipinski definition) is 2. The maximum atomic E-state index is 13.5. The Kier molecular flexibility index (Phi) is 6.45. The van der Waals surface area contributed by atoms with E-state index in [0.29, 0.717) is 6.42 Å². The Bertz CT molecular complexity index is 451. The maximum Gasteiger partial charge on any atom is 0.220 e. The molecule has 2 N–H and O–H groups in total. The lowest BCUT2D eigenvalue weighted by Crippen LogP contribution is -2.38. The molecule has 112 valence electrons. The first kappa shape index (κ1) is 16.4. The number of rotatable bonds is 7. The third-order valence-electron chi connectivity index (χ3n) is 3.39. The van der Waals surface area contributed by atoms with Gasteiger partial charge in [0.05, 0.1) is 7.11 Å². The van der Waals surface area contributed by atoms with Gasteiger partial charge in [0.15, 0.2) is 11.6 Å². The minimum Gasteiger partial charge on any atom is -0.494 e. The molecule has 2 atom stereocenters. The van der Waals surface area contributed by atoms with Gasteiger partial charge in [-0.25, -0.2) is 4.39 Å². The number of aliphatic hydroxyl groups is 1. The average Bonchev–Trinajstić information content (AvgIpc) is 2.44. The molecule has 1 rings (SSSR count). The number of ether oxygens (including phenoxy) is 1. The summed E-state index contributed by atoms with van der Waals surface area (Å²) < 4.78 is 18.3. The highest BCUT2D eigenvalue weighted by Crippen LogP contribution is 2.18. The van der Waals surface area contributed by atoms with Gasteiger partial charge in [-0.3, -0.25) is 4.79 Å². The second-order valence-corrected chi connectivity index (χ2v) is 4.98. The molecule has 4 nitrogen and oxygen atoms in total. The second kappa shape index (κ2) is 7.85. The van der Waals surface area contributed by atoms with Gasteiger partial charge in [0.1, 0.15) is 0 Å². The van der Waals surface area contributed by atoms with Crippen LogP contribution in [0.4, 0.5) is 4.39 Å². The first-order chi connectivity index (χ1) is 9.47. The standard InChI is InChI=1S/C15H22FNO3/c1-10(9-18)11(2)17-15(19)7-5-12-4-6-14(20-3)13(16)8-12/h4,6,8,10-11,18H,5,7,9H2,1-3H3,(H,17,19). The molecule has 0 spiro atoms. The summed E-state index contributed by atoms with van der Waals surface area (Å²) in [6, 6.07) is 4.60. The number of benzene rings is 1. The van der Waals surface area contributed by atoms with E-state index in [1.807, 2.05) is 13.8 Å². The molecule has 0 saturated carbocycles. The predicted molar refractivity (Wildman–Crippen MR) is 75.1 cm³/mol. The van der Waals surface area contributed by atoms with Gasteiger partial charge in [0, 0.05) is 19.1 Å². The van der Waals surface area contributed by atoms with Crippen LogP contribution in [0.1, 0.15) is 25.8 Å². The largest absolute Gasteiger partial charge is 0.494 e. The van der Waals surface area contributed by atoms with E-state index in [1.54, 1.807) is 12.1 Å². The number of aryl methyl sites for hydroxylation is 1. The number of carbonyl (C=O) groups is 1. The topological polar surface area (TPSA) is 58.6 Å². The Hall–Kier alpha value is -1.62. The monoisotopic (exact) mass is 283 g/mol. The Morgan fingerprint density at radius 3 is 2.70 bits per heavy atom. The van der Waals surface area contributed by atoms with Gasteiger partial charge < -0.3 is 15.2 Å². The van der Waals surface area contributed by atoms with E-state index in [1.165, 1.54) is 13.2 Å². The van der Waals surface area contributed by atoms with Crippen molar-refractivity contribution in [3.05, 3.63) is 29.6 Å². The summed E-state index contributed by atoms with van der Waals surface area (Å²) >= 11 is 0. The Balaban J connectivity index is 2.47. The van der Waals surface area contributed by atoms with E-state index in [4.69, 9.17) is 9.84 Å². The van der Waals surface area contributed by atoms with Gasteiger partial charge in [0.2, 0.25) is 5.91 Å². The highest BCUT2D eigenvalue weighted by molar-refractivity contribution is 5.76. The molecule has 1 aromatic rings. The van der Waals surface area contributed by atoms with E-state index in [0.717, 1.165) is 5.56 Å². The highest BCUT2D eigenvalue weighted by atomic mass is 19.1. The number of aliphatic hydroxyl groups excluding tert-OH is 1. The number of nitrogens with one attached hydrogen (secondary N) is 1. The first-order valence-corrected chi connectivity index (χ1v) is 6.70. The van der Waals surface area contributed by atoms with Crippen LogP contribution in [0, 0.1) is 11.7 Å². The van der Waals surface area contributed by atoms with Crippen LogP contribution >= 0.6 is 0 Å². The van der Waals surface area contributed by atoms with Crippen molar-refractivity contribution in [1.29, 1.82) is 0 Å². The van der Waals surface area contributed by atoms with Crippen molar-refractivity contribution in [3.63, 3.8) is 0 Å². The Morgan fingerprint density at radius 2 is 2.15 bits per heavy atom. The smallest absolute Gasteiger partial charge is 0.220 e. The van der Waals surface area contributed by atoms with Gasteiger partial charge in [-0.1, -0.05) is 13.0 Å². The molecule has 0 bridgehead atoms. The third kappa shape index (κ3) is 4.81. The van der Waals surface area contributed by atoms with Crippen molar-refractivity contribution in [2.75, 3.05) is 13.7 Å². The molecule has 0 saturated heterocycles. The molecule has 0 aromatic heterocycles. The van der Waals surface area contributed by atoms with Crippen LogP contribution in [0.15, 0.2) is 18.2 Å². The number of carbonyl (C=O) groups excluding carboxylic acids is 1. The van der Waals surface area contributed by atoms with Crippen molar-refractivity contribution in [3.8, 4) is 5.75 Å². The van der Waals surface area contributed by atoms with Crippen molar-refractivity contribution >= 4 is 5.91 Å². The maximum absolute atomic E-state index is 13.5. The van der Waals surface area contributed by atoms with Crippen LogP contribution in [-0.2, 0) is 11.2 Å². The van der Waals surface area contributed by atoms with Crippen molar-refractivity contribution in [2.45, 2.75) is 32.7 Å².